The lowest BCUT2D eigenvalue weighted by atomic mass is 10.1. The zero-order valence-electron chi connectivity index (χ0n) is 9.37. The highest BCUT2D eigenvalue weighted by Gasteiger charge is 2.10. The van der Waals surface area contributed by atoms with E-state index >= 15 is 0 Å². The van der Waals surface area contributed by atoms with Crippen LogP contribution in [0.4, 0.5) is 0 Å². The summed E-state index contributed by atoms with van der Waals surface area (Å²) in [7, 11) is 0. The van der Waals surface area contributed by atoms with Crippen LogP contribution in [0.1, 0.15) is 11.1 Å². The number of benzene rings is 1. The fraction of sp³-hybridized carbons (Fsp3) is 0.143. The molecule has 2 nitrogen and oxygen atoms in total. The number of aromatic amines is 1. The first kappa shape index (κ1) is 9.28. The van der Waals surface area contributed by atoms with Gasteiger partial charge in [0.2, 0.25) is 0 Å². The Balaban J connectivity index is 2.32. The van der Waals surface area contributed by atoms with Gasteiger partial charge in [-0.3, -0.25) is 0 Å². The van der Waals surface area contributed by atoms with Gasteiger partial charge in [-0.25, -0.2) is 0 Å². The van der Waals surface area contributed by atoms with Crippen molar-refractivity contribution < 1.29 is 4.42 Å². The first-order chi connectivity index (χ1) is 7.75. The number of fused-ring (bicyclic) bond motifs is 1. The van der Waals surface area contributed by atoms with Crippen LogP contribution in [-0.2, 0) is 0 Å². The number of hydrogen-bond donors (Lipinski definition) is 1. The van der Waals surface area contributed by atoms with Crippen molar-refractivity contribution in [2.75, 3.05) is 0 Å². The summed E-state index contributed by atoms with van der Waals surface area (Å²) in [5, 5.41) is 1.22. The summed E-state index contributed by atoms with van der Waals surface area (Å²) < 4.78 is 5.54. The van der Waals surface area contributed by atoms with Crippen LogP contribution in [0.15, 0.2) is 41.1 Å². The number of aryl methyl sites for hydroxylation is 2. The van der Waals surface area contributed by atoms with Crippen LogP contribution >= 0.6 is 0 Å². The highest BCUT2D eigenvalue weighted by atomic mass is 16.3. The largest absolute Gasteiger partial charge is 0.464 e. The molecule has 0 aliphatic rings. The quantitative estimate of drug-likeness (QED) is 0.646. The van der Waals surface area contributed by atoms with E-state index in [1.807, 2.05) is 12.3 Å². The van der Waals surface area contributed by atoms with Crippen molar-refractivity contribution in [3.05, 3.63) is 47.9 Å². The molecule has 0 fully saturated rings. The first-order valence-corrected chi connectivity index (χ1v) is 5.38. The topological polar surface area (TPSA) is 28.9 Å². The number of hydrogen-bond acceptors (Lipinski definition) is 1. The molecule has 0 saturated heterocycles. The van der Waals surface area contributed by atoms with Gasteiger partial charge in [-0.05, 0) is 37.6 Å². The number of H-pyrrole nitrogens is 1. The van der Waals surface area contributed by atoms with Gasteiger partial charge in [0.05, 0.1) is 6.26 Å². The Morgan fingerprint density at radius 2 is 2.00 bits per heavy atom. The van der Waals surface area contributed by atoms with Crippen molar-refractivity contribution in [1.82, 2.24) is 4.98 Å². The molecule has 0 amide bonds. The Morgan fingerprint density at radius 1 is 1.12 bits per heavy atom. The molecule has 0 aliphatic carbocycles. The van der Waals surface area contributed by atoms with Crippen LogP contribution < -0.4 is 0 Å². The minimum atomic E-state index is 0.955. The van der Waals surface area contributed by atoms with Crippen molar-refractivity contribution in [2.24, 2.45) is 0 Å². The summed E-state index contributed by atoms with van der Waals surface area (Å²) in [5.74, 6) is 0.955. The lowest BCUT2D eigenvalue weighted by Gasteiger charge is -1.98. The van der Waals surface area contributed by atoms with Gasteiger partial charge in [0, 0.05) is 22.7 Å². The Bertz CT molecular complexity index is 646. The summed E-state index contributed by atoms with van der Waals surface area (Å²) in [6, 6.07) is 8.39. The maximum absolute atomic E-state index is 5.54. The second-order valence-corrected chi connectivity index (χ2v) is 4.18. The van der Waals surface area contributed by atoms with E-state index in [0.717, 1.165) is 16.8 Å². The zero-order valence-corrected chi connectivity index (χ0v) is 9.37. The van der Waals surface area contributed by atoms with E-state index in [2.05, 4.69) is 37.0 Å². The first-order valence-electron chi connectivity index (χ1n) is 5.38. The van der Waals surface area contributed by atoms with Gasteiger partial charge in [-0.15, -0.1) is 0 Å². The fourth-order valence-electron chi connectivity index (χ4n) is 2.07. The van der Waals surface area contributed by atoms with E-state index in [0.29, 0.717) is 0 Å². The molecular weight excluding hydrogens is 198 g/mol. The van der Waals surface area contributed by atoms with E-state index in [4.69, 9.17) is 4.42 Å². The third-order valence-corrected chi connectivity index (χ3v) is 2.94. The van der Waals surface area contributed by atoms with E-state index < -0.39 is 0 Å². The lowest BCUT2D eigenvalue weighted by molar-refractivity contribution is 0.581. The van der Waals surface area contributed by atoms with Crippen LogP contribution in [0.25, 0.3) is 22.2 Å². The molecule has 2 aromatic heterocycles. The molecule has 80 valence electrons. The highest BCUT2D eigenvalue weighted by Crippen LogP contribution is 2.31. The van der Waals surface area contributed by atoms with Crippen LogP contribution in [0.2, 0.25) is 0 Å². The van der Waals surface area contributed by atoms with E-state index in [-0.39, 0.29) is 0 Å². The number of aromatic nitrogens is 1. The smallest absolute Gasteiger partial charge is 0.138 e. The second-order valence-electron chi connectivity index (χ2n) is 4.18. The predicted octanol–water partition coefficient (Wildman–Crippen LogP) is 4.04. The molecule has 2 heteroatoms. The Labute approximate surface area is 93.9 Å². The molecule has 0 radical (unpaired) electrons. The molecule has 3 aromatic rings. The maximum atomic E-state index is 5.54. The summed E-state index contributed by atoms with van der Waals surface area (Å²) in [5.41, 5.74) is 4.72. The zero-order chi connectivity index (χ0) is 11.1. The molecule has 0 atom stereocenters. The van der Waals surface area contributed by atoms with Gasteiger partial charge in [0.1, 0.15) is 5.76 Å². The molecule has 1 N–H and O–H groups in total. The van der Waals surface area contributed by atoms with Crippen molar-refractivity contribution in [1.29, 1.82) is 0 Å². The molecule has 3 rings (SSSR count). The van der Waals surface area contributed by atoms with E-state index in [1.54, 1.807) is 6.26 Å². The van der Waals surface area contributed by atoms with E-state index in [9.17, 15) is 0 Å². The minimum absolute atomic E-state index is 0.955. The maximum Gasteiger partial charge on any atom is 0.138 e. The van der Waals surface area contributed by atoms with Gasteiger partial charge in [-0.1, -0.05) is 11.6 Å². The summed E-state index contributed by atoms with van der Waals surface area (Å²) in [4.78, 5) is 3.27. The fourth-order valence-corrected chi connectivity index (χ4v) is 2.07. The standard InChI is InChI=1S/C14H13NO/c1-9-3-4-13-11(7-9)12(8-15-13)14-10(2)5-6-16-14/h3-8,15H,1-2H3. The van der Waals surface area contributed by atoms with E-state index in [1.165, 1.54) is 16.5 Å². The van der Waals surface area contributed by atoms with Crippen molar-refractivity contribution in [2.45, 2.75) is 13.8 Å². The van der Waals surface area contributed by atoms with Crippen molar-refractivity contribution in [3.63, 3.8) is 0 Å². The van der Waals surface area contributed by atoms with Crippen molar-refractivity contribution >= 4 is 10.9 Å². The SMILES string of the molecule is Cc1ccc2[nH]cc(-c3occc3C)c2c1. The molecule has 0 aliphatic heterocycles. The average Bonchev–Trinajstić information content (AvgIpc) is 2.83. The molecule has 0 spiro atoms. The normalized spacial score (nSPS) is 11.1. The summed E-state index contributed by atoms with van der Waals surface area (Å²) >= 11 is 0. The molecule has 0 saturated carbocycles. The van der Waals surface area contributed by atoms with Crippen LogP contribution in [-0.4, -0.2) is 4.98 Å². The minimum Gasteiger partial charge on any atom is -0.464 e. The Morgan fingerprint density at radius 3 is 2.75 bits per heavy atom. The number of furan rings is 1. The predicted molar refractivity (Wildman–Crippen MR) is 65.5 cm³/mol. The molecule has 0 bridgehead atoms. The molecule has 2 heterocycles. The van der Waals surface area contributed by atoms with Crippen LogP contribution in [0.3, 0.4) is 0 Å². The number of nitrogens with one attached hydrogen (secondary N) is 1. The highest BCUT2D eigenvalue weighted by molar-refractivity contribution is 5.95. The van der Waals surface area contributed by atoms with Gasteiger partial charge in [0.25, 0.3) is 0 Å². The third-order valence-electron chi connectivity index (χ3n) is 2.94. The lowest BCUT2D eigenvalue weighted by Crippen LogP contribution is -1.76. The Kier molecular flexibility index (Phi) is 1.90. The number of rotatable bonds is 1. The van der Waals surface area contributed by atoms with Crippen LogP contribution in [0, 0.1) is 13.8 Å². The Hall–Kier alpha value is -1.96. The van der Waals surface area contributed by atoms with Crippen LogP contribution in [0.5, 0.6) is 0 Å². The third kappa shape index (κ3) is 1.27. The molecule has 16 heavy (non-hydrogen) atoms. The second kappa shape index (κ2) is 3.27. The monoisotopic (exact) mass is 211 g/mol. The molecular formula is C14H13NO. The van der Waals surface area contributed by atoms with Gasteiger partial charge >= 0.3 is 0 Å². The molecule has 1 aromatic carbocycles. The average molecular weight is 211 g/mol. The van der Waals surface area contributed by atoms with Crippen molar-refractivity contribution in [3.8, 4) is 11.3 Å². The summed E-state index contributed by atoms with van der Waals surface area (Å²) in [6.45, 7) is 4.17. The van der Waals surface area contributed by atoms with Gasteiger partial charge < -0.3 is 9.40 Å². The van der Waals surface area contributed by atoms with Gasteiger partial charge in [0.15, 0.2) is 0 Å². The molecule has 0 unspecified atom stereocenters. The van der Waals surface area contributed by atoms with Gasteiger partial charge in [-0.2, -0.15) is 0 Å². The summed E-state index contributed by atoms with van der Waals surface area (Å²) in [6.07, 6.45) is 3.75.